The molecule has 83 heavy (non-hydrogen) atoms. The maximum absolute atomic E-state index is 14.7. The van der Waals surface area contributed by atoms with Crippen LogP contribution in [0, 0.1) is 0 Å². The molecule has 2 aromatic rings. The molecule has 0 saturated carbocycles. The molecule has 1 aromatic heterocycles. The normalized spacial score (nSPS) is 24.2. The Morgan fingerprint density at radius 1 is 0.530 bits per heavy atom. The van der Waals surface area contributed by atoms with Crippen LogP contribution in [0.5, 0.6) is 5.88 Å². The van der Waals surface area contributed by atoms with Gasteiger partial charge < -0.3 is 14.2 Å². The van der Waals surface area contributed by atoms with Crippen LogP contribution >= 0.6 is 0 Å². The fraction of sp³-hybridized carbons (Fsp3) is 0.833. The molecular formula is C72H121F5N2O4. The van der Waals surface area contributed by atoms with Gasteiger partial charge in [0, 0.05) is 24.2 Å². The number of benzene rings is 1. The number of aromatic nitrogens is 1. The second-order valence-corrected chi connectivity index (χ2v) is 26.6. The Balaban J connectivity index is 1.37. The molecular weight excluding hydrogens is 1050 g/mol. The minimum Gasteiger partial charge on any atom is -0.444 e. The molecule has 2 aliphatic heterocycles. The summed E-state index contributed by atoms with van der Waals surface area (Å²) in [6.45, 7) is 2.63. The average Bonchev–Trinajstić information content (AvgIpc) is 3.19. The maximum atomic E-state index is 14.7. The van der Waals surface area contributed by atoms with Gasteiger partial charge in [0.2, 0.25) is 5.88 Å². The zero-order valence-corrected chi connectivity index (χ0v) is 53.3. The minimum atomic E-state index is -4.75. The Bertz CT molecular complexity index is 1880. The number of hydrogen-bond donors (Lipinski definition) is 0. The third-order valence-corrected chi connectivity index (χ3v) is 18.1. The lowest BCUT2D eigenvalue weighted by molar-refractivity contribution is -0.138. The van der Waals surface area contributed by atoms with Gasteiger partial charge in [-0.3, -0.25) is 4.90 Å². The average molecular weight is 1170 g/mol. The van der Waals surface area contributed by atoms with E-state index in [4.69, 9.17) is 14.2 Å². The maximum Gasteiger partial charge on any atom is 0.417 e. The molecule has 478 valence electrons. The molecule has 1 spiro atoms. The molecule has 3 heterocycles. The Kier molecular flexibility index (Phi) is 38.9. The van der Waals surface area contributed by atoms with E-state index >= 15 is 0 Å². The van der Waals surface area contributed by atoms with Crippen LogP contribution in [0.1, 0.15) is 364 Å². The van der Waals surface area contributed by atoms with Gasteiger partial charge in [-0.1, -0.05) is 326 Å². The van der Waals surface area contributed by atoms with E-state index in [0.29, 0.717) is 19.2 Å². The molecule has 1 amide bonds. The summed E-state index contributed by atoms with van der Waals surface area (Å²) >= 11 is 0. The summed E-state index contributed by atoms with van der Waals surface area (Å²) in [4.78, 5) is 20.3. The molecule has 3 atom stereocenters. The number of ether oxygens (including phenoxy) is 3. The zero-order chi connectivity index (χ0) is 59.5. The summed E-state index contributed by atoms with van der Waals surface area (Å²) in [5, 5.41) is 0. The summed E-state index contributed by atoms with van der Waals surface area (Å²) in [6, 6.07) is 9.97. The van der Waals surface area contributed by atoms with E-state index in [0.717, 1.165) is 63.0 Å². The first-order valence-corrected chi connectivity index (χ1v) is 35.0. The van der Waals surface area contributed by atoms with E-state index in [1.54, 1.807) is 4.90 Å². The summed E-state index contributed by atoms with van der Waals surface area (Å²) in [7, 11) is 0. The summed E-state index contributed by atoms with van der Waals surface area (Å²) in [5.41, 5.74) is -2.15. The predicted octanol–water partition coefficient (Wildman–Crippen LogP) is 24.7. The fourth-order valence-electron chi connectivity index (χ4n) is 13.3. The van der Waals surface area contributed by atoms with Crippen molar-refractivity contribution in [2.45, 2.75) is 371 Å². The lowest BCUT2D eigenvalue weighted by Crippen LogP contribution is -2.50. The largest absolute Gasteiger partial charge is 0.444 e. The van der Waals surface area contributed by atoms with Gasteiger partial charge in [-0.25, -0.2) is 9.78 Å². The van der Waals surface area contributed by atoms with E-state index in [9.17, 15) is 26.7 Å². The number of rotatable bonds is 4. The van der Waals surface area contributed by atoms with Crippen molar-refractivity contribution in [3.05, 3.63) is 59.3 Å². The first kappa shape index (κ1) is 72.5. The third kappa shape index (κ3) is 33.1. The predicted molar refractivity (Wildman–Crippen MR) is 336 cm³/mol. The summed E-state index contributed by atoms with van der Waals surface area (Å²) in [6.07, 6.45) is 57.2. The number of pyridine rings is 1. The second kappa shape index (κ2) is 44.5. The van der Waals surface area contributed by atoms with Gasteiger partial charge in [-0.2, -0.15) is 22.0 Å². The lowest BCUT2D eigenvalue weighted by atomic mass is 9.77. The Morgan fingerprint density at radius 2 is 0.867 bits per heavy atom. The van der Waals surface area contributed by atoms with Crippen LogP contribution in [0.25, 0.3) is 0 Å². The molecule has 4 rings (SSSR count). The highest BCUT2D eigenvalue weighted by Gasteiger charge is 2.52. The number of amides is 1. The van der Waals surface area contributed by atoms with Gasteiger partial charge in [-0.15, -0.1) is 0 Å². The van der Waals surface area contributed by atoms with Gasteiger partial charge in [0.25, 0.3) is 0 Å². The van der Waals surface area contributed by atoms with Gasteiger partial charge in [-0.05, 0) is 51.7 Å². The highest BCUT2D eigenvalue weighted by Crippen LogP contribution is 2.51. The van der Waals surface area contributed by atoms with Gasteiger partial charge >= 0.3 is 18.9 Å². The van der Waals surface area contributed by atoms with Crippen LogP contribution < -0.4 is 4.74 Å². The second-order valence-electron chi connectivity index (χ2n) is 26.6. The molecule has 2 fully saturated rings. The summed E-state index contributed by atoms with van der Waals surface area (Å²) < 4.78 is 88.4. The molecule has 2 saturated heterocycles. The van der Waals surface area contributed by atoms with Crippen molar-refractivity contribution in [1.82, 2.24) is 9.88 Å². The van der Waals surface area contributed by atoms with Gasteiger partial charge in [0.05, 0.1) is 23.8 Å². The molecule has 1 aromatic carbocycles. The highest BCUT2D eigenvalue weighted by atomic mass is 19.4. The van der Waals surface area contributed by atoms with E-state index < -0.39 is 53.5 Å². The van der Waals surface area contributed by atoms with Crippen molar-refractivity contribution in [3.63, 3.8) is 0 Å². The minimum absolute atomic E-state index is 0.0475. The number of carbonyl (C=O) groups excluding carboxylic acids is 1. The van der Waals surface area contributed by atoms with Crippen molar-refractivity contribution in [3.8, 4) is 5.88 Å². The number of hydrogen-bond acceptors (Lipinski definition) is 5. The van der Waals surface area contributed by atoms with Crippen molar-refractivity contribution >= 4 is 6.09 Å². The summed E-state index contributed by atoms with van der Waals surface area (Å²) in [5.74, 6) is -1.29. The number of nitrogens with zero attached hydrogens (tertiary/aromatic N) is 2. The quantitative estimate of drug-likeness (QED) is 0.286. The number of halogens is 5. The van der Waals surface area contributed by atoms with Crippen LogP contribution in [0.15, 0.2) is 42.6 Å². The number of carbonyl (C=O) groups is 1. The topological polar surface area (TPSA) is 60.9 Å². The molecule has 0 aliphatic carbocycles. The Morgan fingerprint density at radius 3 is 1.19 bits per heavy atom. The van der Waals surface area contributed by atoms with Crippen LogP contribution in [-0.4, -0.2) is 46.9 Å². The molecule has 0 bridgehead atoms. The van der Waals surface area contributed by atoms with Crippen molar-refractivity contribution < 1.29 is 41.0 Å². The Hall–Kier alpha value is -2.95. The molecule has 2 aliphatic rings. The SMILES string of the molecule is CC(C)(C)OC(=O)N1CCCCCCCCCCCCCCCCCCCCCCCCCCCCCCCCCCCCCCCCCCCCCCCCC[C@@]2(C[C@H](c3cc(C(F)(F)F)cnc3OC(F)F)CO2)[C@@H]1c1ccccc1. The van der Waals surface area contributed by atoms with Crippen LogP contribution in [0.2, 0.25) is 0 Å². The standard InChI is InChI=1S/C72H121F5N2O4/c1-70(2,3)83-69(80)79-57-53-48-46-44-42-40-38-36-34-32-30-28-26-24-22-20-18-16-14-12-10-8-6-4-5-7-9-11-13-15-17-19-21-23-25-27-29-31-33-35-37-39-41-43-45-47-52-56-71(66(79)62-54-50-49-51-55-62)59-63(61-81-71)65-58-64(72(75,76)77)60-78-67(65)82-68(73)74/h49-51,54-55,58,60,63,66,68H,4-48,52-53,56-57,59,61H2,1-3H3/t63-,66-,71+/m0/s1. The number of alkyl halides is 5. The fourth-order valence-corrected chi connectivity index (χ4v) is 13.3. The van der Waals surface area contributed by atoms with E-state index in [1.165, 1.54) is 250 Å². The molecule has 11 heteroatoms. The van der Waals surface area contributed by atoms with Crippen molar-refractivity contribution in [2.24, 2.45) is 0 Å². The lowest BCUT2D eigenvalue weighted by Gasteiger charge is -2.44. The van der Waals surface area contributed by atoms with E-state index in [2.05, 4.69) is 4.98 Å². The first-order valence-electron chi connectivity index (χ1n) is 35.0. The molecule has 6 nitrogen and oxygen atoms in total. The van der Waals surface area contributed by atoms with Crippen molar-refractivity contribution in [2.75, 3.05) is 13.2 Å². The third-order valence-electron chi connectivity index (χ3n) is 18.1. The van der Waals surface area contributed by atoms with E-state index in [1.807, 2.05) is 51.1 Å². The van der Waals surface area contributed by atoms with Crippen molar-refractivity contribution in [1.29, 1.82) is 0 Å². The van der Waals surface area contributed by atoms with Crippen LogP contribution in [0.4, 0.5) is 26.7 Å². The smallest absolute Gasteiger partial charge is 0.417 e. The molecule has 0 radical (unpaired) electrons. The van der Waals surface area contributed by atoms with Gasteiger partial charge in [0.1, 0.15) is 5.60 Å². The van der Waals surface area contributed by atoms with Crippen LogP contribution in [0.3, 0.4) is 0 Å². The van der Waals surface area contributed by atoms with Crippen LogP contribution in [-0.2, 0) is 15.7 Å². The monoisotopic (exact) mass is 1170 g/mol. The van der Waals surface area contributed by atoms with Gasteiger partial charge in [0.15, 0.2) is 0 Å². The molecule has 0 N–H and O–H groups in total. The van der Waals surface area contributed by atoms with E-state index in [-0.39, 0.29) is 18.6 Å². The zero-order valence-electron chi connectivity index (χ0n) is 53.3. The molecule has 0 unspecified atom stereocenters. The Labute approximate surface area is 504 Å². The highest BCUT2D eigenvalue weighted by molar-refractivity contribution is 5.69. The first-order chi connectivity index (χ1) is 40.3.